The first-order valence-corrected chi connectivity index (χ1v) is 9.32. The number of carbonyl (C=O) groups excluding carboxylic acids is 2. The molecule has 3 aromatic rings. The fourth-order valence-corrected chi connectivity index (χ4v) is 3.12. The predicted octanol–water partition coefficient (Wildman–Crippen LogP) is 3.93. The predicted molar refractivity (Wildman–Crippen MR) is 108 cm³/mol. The molecule has 1 aromatic heterocycles. The molecule has 0 aliphatic carbocycles. The minimum absolute atomic E-state index is 0.00407. The highest BCUT2D eigenvalue weighted by Crippen LogP contribution is 2.30. The maximum absolute atomic E-state index is 12.5. The Bertz CT molecular complexity index is 1100. The fourth-order valence-electron chi connectivity index (χ4n) is 3.12. The summed E-state index contributed by atoms with van der Waals surface area (Å²) in [5.74, 6) is -1.46. The molecular formula is C23H20N2O4. The van der Waals surface area contributed by atoms with Crippen LogP contribution in [0.1, 0.15) is 46.9 Å². The lowest BCUT2D eigenvalue weighted by molar-refractivity contribution is -0.143. The maximum atomic E-state index is 12.5. The van der Waals surface area contributed by atoms with Crippen molar-refractivity contribution in [1.82, 2.24) is 4.98 Å². The van der Waals surface area contributed by atoms with Crippen molar-refractivity contribution >= 4 is 22.7 Å². The van der Waals surface area contributed by atoms with Gasteiger partial charge in [-0.2, -0.15) is 5.26 Å². The molecule has 0 radical (unpaired) electrons. The number of nitriles is 1. The van der Waals surface area contributed by atoms with Gasteiger partial charge in [-0.3, -0.25) is 9.59 Å². The summed E-state index contributed by atoms with van der Waals surface area (Å²) < 4.78 is 4.81. The Kier molecular flexibility index (Phi) is 6.20. The van der Waals surface area contributed by atoms with Gasteiger partial charge in [-0.25, -0.2) is 4.98 Å². The van der Waals surface area contributed by atoms with Gasteiger partial charge in [0.25, 0.3) is 0 Å². The molecule has 1 heterocycles. The number of benzene rings is 2. The third-order valence-electron chi connectivity index (χ3n) is 4.51. The monoisotopic (exact) mass is 388 g/mol. The van der Waals surface area contributed by atoms with Crippen molar-refractivity contribution in [3.05, 3.63) is 70.9 Å². The Balaban J connectivity index is 1.93. The van der Waals surface area contributed by atoms with Crippen LogP contribution in [0.25, 0.3) is 10.9 Å². The highest BCUT2D eigenvalue weighted by Gasteiger charge is 2.21. The number of aromatic hydroxyl groups is 1. The lowest BCUT2D eigenvalue weighted by Crippen LogP contribution is -2.10. The molecule has 0 aliphatic heterocycles. The molecule has 0 unspecified atom stereocenters. The SMILES string of the molecule is CCOC(=O)CCC(=O)c1nc2ccc(Cc3ccccc3)cc2c(C#N)c1O. The lowest BCUT2D eigenvalue weighted by atomic mass is 9.99. The Hall–Kier alpha value is -3.72. The number of hydrogen-bond acceptors (Lipinski definition) is 6. The van der Waals surface area contributed by atoms with Gasteiger partial charge in [0.05, 0.1) is 18.5 Å². The second-order valence-corrected chi connectivity index (χ2v) is 6.54. The number of ketones is 1. The number of carbonyl (C=O) groups is 2. The van der Waals surface area contributed by atoms with Gasteiger partial charge in [-0.05, 0) is 36.6 Å². The van der Waals surface area contributed by atoms with Crippen LogP contribution in [0.5, 0.6) is 5.75 Å². The van der Waals surface area contributed by atoms with Crippen LogP contribution >= 0.6 is 0 Å². The molecule has 6 heteroatoms. The van der Waals surface area contributed by atoms with Crippen LogP contribution < -0.4 is 0 Å². The number of fused-ring (bicyclic) bond motifs is 1. The summed E-state index contributed by atoms with van der Waals surface area (Å²) in [6, 6.07) is 17.3. The molecule has 1 N–H and O–H groups in total. The first kappa shape index (κ1) is 20.0. The van der Waals surface area contributed by atoms with E-state index in [0.717, 1.165) is 11.1 Å². The average molecular weight is 388 g/mol. The highest BCUT2D eigenvalue weighted by atomic mass is 16.5. The molecule has 3 rings (SSSR count). The molecule has 0 saturated carbocycles. The molecule has 0 aliphatic rings. The quantitative estimate of drug-likeness (QED) is 0.486. The first-order valence-electron chi connectivity index (χ1n) is 9.32. The molecule has 0 fully saturated rings. The van der Waals surface area contributed by atoms with Crippen LogP contribution in [-0.2, 0) is 16.0 Å². The van der Waals surface area contributed by atoms with Gasteiger partial charge >= 0.3 is 5.97 Å². The van der Waals surface area contributed by atoms with Gasteiger partial charge in [0.2, 0.25) is 0 Å². The normalized spacial score (nSPS) is 10.5. The van der Waals surface area contributed by atoms with Crippen LogP contribution in [0.3, 0.4) is 0 Å². The van der Waals surface area contributed by atoms with E-state index in [1.807, 2.05) is 42.5 Å². The van der Waals surface area contributed by atoms with Crippen LogP contribution in [0.15, 0.2) is 48.5 Å². The third-order valence-corrected chi connectivity index (χ3v) is 4.51. The van der Waals surface area contributed by atoms with Gasteiger partial charge in [-0.1, -0.05) is 36.4 Å². The zero-order chi connectivity index (χ0) is 20.8. The third kappa shape index (κ3) is 4.58. The number of ether oxygens (including phenoxy) is 1. The Morgan fingerprint density at radius 1 is 1.10 bits per heavy atom. The van der Waals surface area contributed by atoms with Gasteiger partial charge in [-0.15, -0.1) is 0 Å². The summed E-state index contributed by atoms with van der Waals surface area (Å²) in [4.78, 5) is 28.2. The zero-order valence-corrected chi connectivity index (χ0v) is 16.0. The van der Waals surface area contributed by atoms with Crippen molar-refractivity contribution in [2.24, 2.45) is 0 Å². The summed E-state index contributed by atoms with van der Waals surface area (Å²) in [5.41, 5.74) is 2.32. The van der Waals surface area contributed by atoms with E-state index in [2.05, 4.69) is 4.98 Å². The second-order valence-electron chi connectivity index (χ2n) is 6.54. The van der Waals surface area contributed by atoms with Crippen LogP contribution in [-0.4, -0.2) is 28.4 Å². The number of aromatic nitrogens is 1. The minimum atomic E-state index is -0.512. The lowest BCUT2D eigenvalue weighted by Gasteiger charge is -2.10. The molecule has 29 heavy (non-hydrogen) atoms. The topological polar surface area (TPSA) is 100 Å². The van der Waals surface area contributed by atoms with E-state index in [4.69, 9.17) is 4.74 Å². The van der Waals surface area contributed by atoms with Crippen molar-refractivity contribution in [3.8, 4) is 11.8 Å². The molecule has 0 amide bonds. The summed E-state index contributed by atoms with van der Waals surface area (Å²) in [5, 5.41) is 20.5. The minimum Gasteiger partial charge on any atom is -0.504 e. The number of nitrogens with zero attached hydrogens (tertiary/aromatic N) is 2. The number of rotatable bonds is 7. The number of Topliss-reactive ketones (excluding diaryl/α,β-unsaturated/α-hetero) is 1. The summed E-state index contributed by atoms with van der Waals surface area (Å²) in [7, 11) is 0. The maximum Gasteiger partial charge on any atom is 0.306 e. The molecule has 0 spiro atoms. The Labute approximate surface area is 168 Å². The van der Waals surface area contributed by atoms with Gasteiger partial charge < -0.3 is 9.84 Å². The van der Waals surface area contributed by atoms with Crippen molar-refractivity contribution < 1.29 is 19.4 Å². The van der Waals surface area contributed by atoms with E-state index in [9.17, 15) is 20.0 Å². The number of pyridine rings is 1. The molecule has 6 nitrogen and oxygen atoms in total. The average Bonchev–Trinajstić information content (AvgIpc) is 2.72. The molecular weight excluding hydrogens is 368 g/mol. The summed E-state index contributed by atoms with van der Waals surface area (Å²) >= 11 is 0. The summed E-state index contributed by atoms with van der Waals surface area (Å²) in [6.07, 6.45) is 0.411. The molecule has 0 bridgehead atoms. The summed E-state index contributed by atoms with van der Waals surface area (Å²) in [6.45, 7) is 1.91. The number of hydrogen-bond donors (Lipinski definition) is 1. The van der Waals surface area contributed by atoms with E-state index in [1.165, 1.54) is 0 Å². The number of esters is 1. The second kappa shape index (κ2) is 8.98. The van der Waals surface area contributed by atoms with E-state index < -0.39 is 17.5 Å². The van der Waals surface area contributed by atoms with Crippen molar-refractivity contribution in [2.75, 3.05) is 6.61 Å². The van der Waals surface area contributed by atoms with Crippen molar-refractivity contribution in [1.29, 1.82) is 5.26 Å². The Morgan fingerprint density at radius 2 is 1.86 bits per heavy atom. The zero-order valence-electron chi connectivity index (χ0n) is 16.0. The van der Waals surface area contributed by atoms with Gasteiger partial charge in [0.15, 0.2) is 11.5 Å². The van der Waals surface area contributed by atoms with E-state index in [-0.39, 0.29) is 30.7 Å². The van der Waals surface area contributed by atoms with Gasteiger partial charge in [0, 0.05) is 11.8 Å². The standard InChI is InChI=1S/C23H20N2O4/c1-2-29-21(27)11-10-20(26)22-23(28)18(14-24)17-13-16(8-9-19(17)25-22)12-15-6-4-3-5-7-15/h3-9,13,28H,2,10-12H2,1H3. The highest BCUT2D eigenvalue weighted by molar-refractivity contribution is 6.02. The largest absolute Gasteiger partial charge is 0.504 e. The molecule has 0 atom stereocenters. The molecule has 146 valence electrons. The first-order chi connectivity index (χ1) is 14.0. The van der Waals surface area contributed by atoms with E-state index in [1.54, 1.807) is 19.1 Å². The van der Waals surface area contributed by atoms with Crippen molar-refractivity contribution in [3.63, 3.8) is 0 Å². The Morgan fingerprint density at radius 3 is 2.55 bits per heavy atom. The van der Waals surface area contributed by atoms with E-state index in [0.29, 0.717) is 17.3 Å². The smallest absolute Gasteiger partial charge is 0.306 e. The van der Waals surface area contributed by atoms with E-state index >= 15 is 0 Å². The fraction of sp³-hybridized carbons (Fsp3) is 0.217. The van der Waals surface area contributed by atoms with Crippen LogP contribution in [0.2, 0.25) is 0 Å². The van der Waals surface area contributed by atoms with Gasteiger partial charge in [0.1, 0.15) is 17.3 Å². The molecule has 2 aromatic carbocycles. The molecule has 0 saturated heterocycles. The van der Waals surface area contributed by atoms with Crippen molar-refractivity contribution in [2.45, 2.75) is 26.2 Å². The van der Waals surface area contributed by atoms with Crippen LogP contribution in [0, 0.1) is 11.3 Å². The van der Waals surface area contributed by atoms with Crippen LogP contribution in [0.4, 0.5) is 0 Å².